The number of rotatable bonds is 1. The van der Waals surface area contributed by atoms with Gasteiger partial charge in [-0.05, 0) is 18.2 Å². The summed E-state index contributed by atoms with van der Waals surface area (Å²) in [6, 6.07) is 7.07. The molecule has 1 N–H and O–H groups in total. The second-order valence-electron chi connectivity index (χ2n) is 2.86. The van der Waals surface area contributed by atoms with Crippen molar-refractivity contribution in [2.45, 2.75) is 0 Å². The molecule has 1 aromatic carbocycles. The standard InChI is InChI=1S/C10H5Cl2N3/c11-6-1-2-7(8(12)3-6)10-9(4-13)14-5-15-10/h1-3,5H,(H,14,15). The molecule has 0 saturated heterocycles. The van der Waals surface area contributed by atoms with Crippen molar-refractivity contribution in [3.63, 3.8) is 0 Å². The Hall–Kier alpha value is -1.50. The highest BCUT2D eigenvalue weighted by atomic mass is 35.5. The number of halogens is 2. The lowest BCUT2D eigenvalue weighted by atomic mass is 10.1. The summed E-state index contributed by atoms with van der Waals surface area (Å²) in [4.78, 5) is 6.74. The minimum absolute atomic E-state index is 0.319. The molecular weight excluding hydrogens is 233 g/mol. The van der Waals surface area contributed by atoms with Crippen LogP contribution in [-0.2, 0) is 0 Å². The van der Waals surface area contributed by atoms with Crippen LogP contribution in [0, 0.1) is 11.3 Å². The molecule has 0 radical (unpaired) electrons. The minimum Gasteiger partial charge on any atom is -0.343 e. The Bertz CT molecular complexity index is 540. The Morgan fingerprint density at radius 2 is 2.13 bits per heavy atom. The highest BCUT2D eigenvalue weighted by Gasteiger charge is 2.10. The zero-order valence-electron chi connectivity index (χ0n) is 7.46. The van der Waals surface area contributed by atoms with Crippen LogP contribution in [0.4, 0.5) is 0 Å². The average molecular weight is 238 g/mol. The fourth-order valence-corrected chi connectivity index (χ4v) is 1.78. The fourth-order valence-electron chi connectivity index (χ4n) is 1.28. The summed E-state index contributed by atoms with van der Waals surface area (Å²) < 4.78 is 0. The number of aromatic amines is 1. The van der Waals surface area contributed by atoms with Crippen LogP contribution in [0.1, 0.15) is 5.69 Å². The largest absolute Gasteiger partial charge is 0.343 e. The smallest absolute Gasteiger partial charge is 0.166 e. The summed E-state index contributed by atoms with van der Waals surface area (Å²) >= 11 is 11.8. The molecule has 5 heteroatoms. The van der Waals surface area contributed by atoms with Crippen LogP contribution in [0.25, 0.3) is 11.3 Å². The molecule has 0 bridgehead atoms. The number of hydrogen-bond acceptors (Lipinski definition) is 2. The first-order valence-corrected chi connectivity index (χ1v) is 4.87. The van der Waals surface area contributed by atoms with Gasteiger partial charge in [0.1, 0.15) is 6.07 Å². The SMILES string of the molecule is N#Cc1nc[nH]c1-c1ccc(Cl)cc1Cl. The zero-order valence-corrected chi connectivity index (χ0v) is 8.97. The van der Waals surface area contributed by atoms with E-state index in [0.29, 0.717) is 21.4 Å². The van der Waals surface area contributed by atoms with E-state index in [0.717, 1.165) is 5.56 Å². The van der Waals surface area contributed by atoms with E-state index in [2.05, 4.69) is 9.97 Å². The summed E-state index contributed by atoms with van der Waals surface area (Å²) in [6.07, 6.45) is 1.46. The van der Waals surface area contributed by atoms with Crippen molar-refractivity contribution in [1.29, 1.82) is 5.26 Å². The van der Waals surface area contributed by atoms with Gasteiger partial charge in [0.25, 0.3) is 0 Å². The summed E-state index contributed by atoms with van der Waals surface area (Å²) in [5.74, 6) is 0. The van der Waals surface area contributed by atoms with Gasteiger partial charge in [0.2, 0.25) is 0 Å². The number of H-pyrrole nitrogens is 1. The first-order chi connectivity index (χ1) is 7.22. The molecule has 74 valence electrons. The van der Waals surface area contributed by atoms with Crippen molar-refractivity contribution in [2.75, 3.05) is 0 Å². The predicted octanol–water partition coefficient (Wildman–Crippen LogP) is 3.26. The van der Waals surface area contributed by atoms with Gasteiger partial charge < -0.3 is 4.98 Å². The van der Waals surface area contributed by atoms with Crippen molar-refractivity contribution < 1.29 is 0 Å². The van der Waals surface area contributed by atoms with E-state index in [1.165, 1.54) is 6.33 Å². The second kappa shape index (κ2) is 3.93. The fraction of sp³-hybridized carbons (Fsp3) is 0. The van der Waals surface area contributed by atoms with Gasteiger partial charge in [0.15, 0.2) is 5.69 Å². The van der Waals surface area contributed by atoms with Crippen LogP contribution in [-0.4, -0.2) is 9.97 Å². The molecule has 0 aliphatic carbocycles. The molecule has 0 atom stereocenters. The third kappa shape index (κ3) is 1.82. The second-order valence-corrected chi connectivity index (χ2v) is 3.71. The van der Waals surface area contributed by atoms with E-state index >= 15 is 0 Å². The lowest BCUT2D eigenvalue weighted by Gasteiger charge is -2.01. The van der Waals surface area contributed by atoms with Gasteiger partial charge in [-0.2, -0.15) is 5.26 Å². The van der Waals surface area contributed by atoms with Gasteiger partial charge in [0.05, 0.1) is 17.0 Å². The highest BCUT2D eigenvalue weighted by molar-refractivity contribution is 6.36. The molecule has 0 aliphatic heterocycles. The Morgan fingerprint density at radius 1 is 1.33 bits per heavy atom. The third-order valence-electron chi connectivity index (χ3n) is 1.95. The maximum absolute atomic E-state index is 8.81. The molecule has 0 saturated carbocycles. The van der Waals surface area contributed by atoms with Crippen LogP contribution in [0.3, 0.4) is 0 Å². The number of imidazole rings is 1. The van der Waals surface area contributed by atoms with Gasteiger partial charge in [-0.1, -0.05) is 23.2 Å². The molecule has 2 rings (SSSR count). The number of nitriles is 1. The normalized spacial score (nSPS) is 9.93. The molecule has 1 aromatic heterocycles. The topological polar surface area (TPSA) is 52.5 Å². The average Bonchev–Trinajstić information content (AvgIpc) is 2.65. The van der Waals surface area contributed by atoms with E-state index in [-0.39, 0.29) is 0 Å². The lowest BCUT2D eigenvalue weighted by Crippen LogP contribution is -1.83. The molecule has 0 spiro atoms. The quantitative estimate of drug-likeness (QED) is 0.828. The zero-order chi connectivity index (χ0) is 10.8. The Morgan fingerprint density at radius 3 is 2.80 bits per heavy atom. The molecule has 3 nitrogen and oxygen atoms in total. The van der Waals surface area contributed by atoms with Crippen molar-refractivity contribution in [3.05, 3.63) is 40.3 Å². The monoisotopic (exact) mass is 237 g/mol. The van der Waals surface area contributed by atoms with Crippen molar-refractivity contribution >= 4 is 23.2 Å². The van der Waals surface area contributed by atoms with Crippen molar-refractivity contribution in [2.24, 2.45) is 0 Å². The van der Waals surface area contributed by atoms with Crippen LogP contribution in [0.2, 0.25) is 10.0 Å². The van der Waals surface area contributed by atoms with Crippen LogP contribution < -0.4 is 0 Å². The van der Waals surface area contributed by atoms with Gasteiger partial charge in [-0.15, -0.1) is 0 Å². The lowest BCUT2D eigenvalue weighted by molar-refractivity contribution is 1.29. The van der Waals surface area contributed by atoms with E-state index in [9.17, 15) is 0 Å². The van der Waals surface area contributed by atoms with Gasteiger partial charge in [-0.3, -0.25) is 0 Å². The van der Waals surface area contributed by atoms with Crippen molar-refractivity contribution in [1.82, 2.24) is 9.97 Å². The molecule has 0 amide bonds. The summed E-state index contributed by atoms with van der Waals surface area (Å²) in [5, 5.41) is 9.86. The van der Waals surface area contributed by atoms with Crippen LogP contribution in [0.15, 0.2) is 24.5 Å². The first kappa shape index (κ1) is 10.0. The minimum atomic E-state index is 0.319. The molecular formula is C10H5Cl2N3. The van der Waals surface area contributed by atoms with E-state index in [1.807, 2.05) is 6.07 Å². The van der Waals surface area contributed by atoms with Crippen LogP contribution in [0.5, 0.6) is 0 Å². The summed E-state index contributed by atoms with van der Waals surface area (Å²) in [6.45, 7) is 0. The number of aromatic nitrogens is 2. The molecule has 0 aliphatic rings. The maximum Gasteiger partial charge on any atom is 0.166 e. The number of benzene rings is 1. The summed E-state index contributed by atoms with van der Waals surface area (Å²) in [5.41, 5.74) is 1.65. The molecule has 2 aromatic rings. The maximum atomic E-state index is 8.81. The van der Waals surface area contributed by atoms with Crippen LogP contribution >= 0.6 is 23.2 Å². The van der Waals surface area contributed by atoms with E-state index in [4.69, 9.17) is 28.5 Å². The molecule has 1 heterocycles. The van der Waals surface area contributed by atoms with Crippen molar-refractivity contribution in [3.8, 4) is 17.3 Å². The summed E-state index contributed by atoms with van der Waals surface area (Å²) in [7, 11) is 0. The Labute approximate surface area is 96.3 Å². The highest BCUT2D eigenvalue weighted by Crippen LogP contribution is 2.30. The first-order valence-electron chi connectivity index (χ1n) is 4.11. The van der Waals surface area contributed by atoms with Gasteiger partial charge >= 0.3 is 0 Å². The Kier molecular flexibility index (Phi) is 2.63. The van der Waals surface area contributed by atoms with E-state index in [1.54, 1.807) is 18.2 Å². The molecule has 0 unspecified atom stereocenters. The molecule has 0 fully saturated rings. The third-order valence-corrected chi connectivity index (χ3v) is 2.49. The van der Waals surface area contributed by atoms with Gasteiger partial charge in [0, 0.05) is 10.6 Å². The Balaban J connectivity index is 2.60. The predicted molar refractivity (Wildman–Crippen MR) is 58.8 cm³/mol. The van der Waals surface area contributed by atoms with E-state index < -0.39 is 0 Å². The molecule has 15 heavy (non-hydrogen) atoms. The number of hydrogen-bond donors (Lipinski definition) is 1. The van der Waals surface area contributed by atoms with Gasteiger partial charge in [-0.25, -0.2) is 4.98 Å². The number of nitrogens with one attached hydrogen (secondary N) is 1. The number of nitrogens with zero attached hydrogens (tertiary/aromatic N) is 2.